The molecule has 4 aromatic carbocycles. The Hall–Kier alpha value is -4.01. The van der Waals surface area contributed by atoms with Crippen LogP contribution in [-0.4, -0.2) is 47.2 Å². The Kier molecular flexibility index (Phi) is 8.28. The molecule has 1 saturated heterocycles. The molecule has 208 valence electrons. The second-order valence-corrected chi connectivity index (χ2v) is 11.7. The van der Waals surface area contributed by atoms with Crippen LogP contribution in [0.4, 0.5) is 11.4 Å². The van der Waals surface area contributed by atoms with E-state index < -0.39 is 10.0 Å². The highest BCUT2D eigenvalue weighted by Gasteiger charge is 2.29. The van der Waals surface area contributed by atoms with E-state index in [0.717, 1.165) is 54.5 Å². The number of rotatable bonds is 9. The van der Waals surface area contributed by atoms with E-state index in [1.165, 1.54) is 5.56 Å². The van der Waals surface area contributed by atoms with Gasteiger partial charge < -0.3 is 14.4 Å². The zero-order chi connectivity index (χ0) is 28.1. The Morgan fingerprint density at radius 1 is 0.825 bits per heavy atom. The molecule has 0 amide bonds. The summed E-state index contributed by atoms with van der Waals surface area (Å²) in [5.41, 5.74) is 5.04. The second kappa shape index (κ2) is 12.0. The minimum absolute atomic E-state index is 0.183. The van der Waals surface area contributed by atoms with Gasteiger partial charge in [0, 0.05) is 37.6 Å². The number of methoxy groups -OCH3 is 2. The number of sulfonamides is 1. The van der Waals surface area contributed by atoms with Gasteiger partial charge in [0.15, 0.2) is 11.5 Å². The van der Waals surface area contributed by atoms with Crippen LogP contribution in [0.1, 0.15) is 22.7 Å². The lowest BCUT2D eigenvalue weighted by atomic mass is 10.0. The van der Waals surface area contributed by atoms with Gasteiger partial charge in [-0.25, -0.2) is 8.42 Å². The normalized spacial score (nSPS) is 16.0. The van der Waals surface area contributed by atoms with Gasteiger partial charge in [0.25, 0.3) is 10.0 Å². The highest BCUT2D eigenvalue weighted by atomic mass is 32.2. The van der Waals surface area contributed by atoms with Gasteiger partial charge in [-0.05, 0) is 66.6 Å². The van der Waals surface area contributed by atoms with Gasteiger partial charge in [-0.1, -0.05) is 54.1 Å². The summed E-state index contributed by atoms with van der Waals surface area (Å²) in [6.45, 7) is 5.25. The number of hydrogen-bond donors (Lipinski definition) is 1. The summed E-state index contributed by atoms with van der Waals surface area (Å²) < 4.78 is 39.3. The van der Waals surface area contributed by atoms with Crippen LogP contribution in [0.3, 0.4) is 0 Å². The molecule has 1 unspecified atom stereocenters. The van der Waals surface area contributed by atoms with Gasteiger partial charge in [-0.15, -0.1) is 0 Å². The van der Waals surface area contributed by atoms with Crippen molar-refractivity contribution in [1.82, 2.24) is 4.90 Å². The molecule has 0 aromatic heterocycles. The van der Waals surface area contributed by atoms with Gasteiger partial charge in [-0.3, -0.25) is 9.62 Å². The van der Waals surface area contributed by atoms with Crippen LogP contribution in [0.15, 0.2) is 102 Å². The summed E-state index contributed by atoms with van der Waals surface area (Å²) in [5.74, 6) is 1.45. The number of hydrogen-bond acceptors (Lipinski definition) is 6. The van der Waals surface area contributed by atoms with Gasteiger partial charge in [0.2, 0.25) is 0 Å². The lowest BCUT2D eigenvalue weighted by molar-refractivity contribution is 0.169. The van der Waals surface area contributed by atoms with Crippen LogP contribution in [-0.2, 0) is 16.6 Å². The van der Waals surface area contributed by atoms with E-state index in [2.05, 4.69) is 44.9 Å². The third kappa shape index (κ3) is 6.24. The molecular weight excluding hydrogens is 522 g/mol. The molecule has 8 heteroatoms. The maximum absolute atomic E-state index is 12.8. The predicted octanol–water partition coefficient (Wildman–Crippen LogP) is 5.88. The molecule has 7 nitrogen and oxygen atoms in total. The summed E-state index contributed by atoms with van der Waals surface area (Å²) in [6, 6.07) is 31.3. The SMILES string of the molecule is COc1ccc(CN2CCN(c3ccc(NS(=O)(=O)c4ccc(C)cc4)cc3)CC2c2ccccc2)cc1OC. The second-order valence-electron chi connectivity index (χ2n) is 10.00. The van der Waals surface area contributed by atoms with Crippen molar-refractivity contribution in [3.8, 4) is 11.5 Å². The fourth-order valence-corrected chi connectivity index (χ4v) is 6.18. The fourth-order valence-electron chi connectivity index (χ4n) is 5.12. The number of nitrogens with one attached hydrogen (secondary N) is 1. The molecule has 1 atom stereocenters. The fraction of sp³-hybridized carbons (Fsp3) is 0.250. The third-order valence-electron chi connectivity index (χ3n) is 7.33. The van der Waals surface area contributed by atoms with Crippen molar-refractivity contribution < 1.29 is 17.9 Å². The molecular formula is C32H35N3O4S. The smallest absolute Gasteiger partial charge is 0.261 e. The third-order valence-corrected chi connectivity index (χ3v) is 8.72. The van der Waals surface area contributed by atoms with Gasteiger partial charge in [0.05, 0.1) is 25.2 Å². The largest absolute Gasteiger partial charge is 0.493 e. The van der Waals surface area contributed by atoms with Crippen LogP contribution >= 0.6 is 0 Å². The number of nitrogens with zero attached hydrogens (tertiary/aromatic N) is 2. The molecule has 0 saturated carbocycles. The van der Waals surface area contributed by atoms with Gasteiger partial charge >= 0.3 is 0 Å². The maximum atomic E-state index is 12.8. The number of ether oxygens (including phenoxy) is 2. The van der Waals surface area contributed by atoms with E-state index in [4.69, 9.17) is 9.47 Å². The highest BCUT2D eigenvalue weighted by molar-refractivity contribution is 7.92. The summed E-state index contributed by atoms with van der Waals surface area (Å²) >= 11 is 0. The summed E-state index contributed by atoms with van der Waals surface area (Å²) in [4.78, 5) is 5.11. The van der Waals surface area contributed by atoms with Crippen LogP contribution < -0.4 is 19.1 Å². The molecule has 0 bridgehead atoms. The number of piperazine rings is 1. The maximum Gasteiger partial charge on any atom is 0.261 e. The minimum atomic E-state index is -3.65. The lowest BCUT2D eigenvalue weighted by Crippen LogP contribution is -2.48. The Morgan fingerprint density at radius 2 is 1.52 bits per heavy atom. The Labute approximate surface area is 237 Å². The number of anilines is 2. The number of aryl methyl sites for hydroxylation is 1. The van der Waals surface area contributed by atoms with Gasteiger partial charge in [0.1, 0.15) is 0 Å². The monoisotopic (exact) mass is 557 g/mol. The quantitative estimate of drug-likeness (QED) is 0.277. The van der Waals surface area contributed by atoms with Crippen LogP contribution in [0.25, 0.3) is 0 Å². The van der Waals surface area contributed by atoms with Crippen LogP contribution in [0, 0.1) is 6.92 Å². The van der Waals surface area contributed by atoms with E-state index in [-0.39, 0.29) is 10.9 Å². The predicted molar refractivity (Wildman–Crippen MR) is 160 cm³/mol. The molecule has 1 aliphatic rings. The molecule has 1 heterocycles. The van der Waals surface area contributed by atoms with Crippen molar-refractivity contribution >= 4 is 21.4 Å². The van der Waals surface area contributed by atoms with Crippen LogP contribution in [0.5, 0.6) is 11.5 Å². The van der Waals surface area contributed by atoms with E-state index in [9.17, 15) is 8.42 Å². The average molecular weight is 558 g/mol. The first-order valence-electron chi connectivity index (χ1n) is 13.3. The molecule has 0 radical (unpaired) electrons. The standard InChI is InChI=1S/C32H35N3O4S/c1-24-9-16-29(17-10-24)40(36,37)33-27-12-14-28(15-13-27)34-19-20-35(30(23-34)26-7-5-4-6-8-26)22-25-11-18-31(38-2)32(21-25)39-3/h4-18,21,30,33H,19-20,22-23H2,1-3H3. The highest BCUT2D eigenvalue weighted by Crippen LogP contribution is 2.33. The first-order chi connectivity index (χ1) is 19.4. The van der Waals surface area contributed by atoms with Gasteiger partial charge in [-0.2, -0.15) is 0 Å². The topological polar surface area (TPSA) is 71.1 Å². The van der Waals surface area contributed by atoms with Crippen molar-refractivity contribution in [3.05, 3.63) is 114 Å². The first kappa shape index (κ1) is 27.6. The van der Waals surface area contributed by atoms with E-state index in [1.807, 2.05) is 49.4 Å². The molecule has 1 fully saturated rings. The molecule has 5 rings (SSSR count). The molecule has 1 N–H and O–H groups in total. The average Bonchev–Trinajstić information content (AvgIpc) is 2.98. The Bertz CT molecular complexity index is 1530. The summed E-state index contributed by atoms with van der Waals surface area (Å²) in [7, 11) is -0.341. The summed E-state index contributed by atoms with van der Waals surface area (Å²) in [5, 5.41) is 0. The van der Waals surface area contributed by atoms with E-state index in [1.54, 1.807) is 38.5 Å². The molecule has 4 aromatic rings. The van der Waals surface area contributed by atoms with Crippen molar-refractivity contribution in [1.29, 1.82) is 0 Å². The van der Waals surface area contributed by atoms with Crippen LogP contribution in [0.2, 0.25) is 0 Å². The van der Waals surface area contributed by atoms with E-state index >= 15 is 0 Å². The zero-order valence-electron chi connectivity index (χ0n) is 23.1. The number of benzene rings is 4. The van der Waals surface area contributed by atoms with Crippen molar-refractivity contribution in [3.63, 3.8) is 0 Å². The zero-order valence-corrected chi connectivity index (χ0v) is 23.9. The molecule has 40 heavy (non-hydrogen) atoms. The molecule has 0 spiro atoms. The van der Waals surface area contributed by atoms with Crippen molar-refractivity contribution in [2.24, 2.45) is 0 Å². The van der Waals surface area contributed by atoms with Crippen molar-refractivity contribution in [2.75, 3.05) is 43.5 Å². The lowest BCUT2D eigenvalue weighted by Gasteiger charge is -2.43. The van der Waals surface area contributed by atoms with E-state index in [0.29, 0.717) is 5.69 Å². The molecule has 0 aliphatic carbocycles. The first-order valence-corrected chi connectivity index (χ1v) is 14.8. The summed E-state index contributed by atoms with van der Waals surface area (Å²) in [6.07, 6.45) is 0. The Morgan fingerprint density at radius 3 is 2.20 bits per heavy atom. The molecule has 1 aliphatic heterocycles. The van der Waals surface area contributed by atoms with Crippen molar-refractivity contribution in [2.45, 2.75) is 24.4 Å². The Balaban J connectivity index is 1.32. The minimum Gasteiger partial charge on any atom is -0.493 e.